The van der Waals surface area contributed by atoms with Gasteiger partial charge < -0.3 is 24.6 Å². The van der Waals surface area contributed by atoms with E-state index in [0.29, 0.717) is 35.0 Å². The molecule has 0 saturated carbocycles. The Hall–Kier alpha value is -2.73. The summed E-state index contributed by atoms with van der Waals surface area (Å²) in [7, 11) is 0. The molecule has 1 amide bonds. The van der Waals surface area contributed by atoms with Gasteiger partial charge in [0.05, 0.1) is 24.8 Å². The average molecular weight is 328 g/mol. The van der Waals surface area contributed by atoms with Gasteiger partial charge in [0.25, 0.3) is 5.91 Å². The maximum atomic E-state index is 12.3. The minimum atomic E-state index is -0.296. The van der Waals surface area contributed by atoms with Crippen LogP contribution < -0.4 is 15.8 Å². The van der Waals surface area contributed by atoms with Crippen LogP contribution in [0, 0.1) is 0 Å². The van der Waals surface area contributed by atoms with E-state index in [9.17, 15) is 4.79 Å². The lowest BCUT2D eigenvalue weighted by Gasteiger charge is -2.10. The van der Waals surface area contributed by atoms with Gasteiger partial charge in [-0.3, -0.25) is 4.79 Å². The van der Waals surface area contributed by atoms with Crippen molar-refractivity contribution in [2.75, 3.05) is 6.61 Å². The van der Waals surface area contributed by atoms with E-state index >= 15 is 0 Å². The van der Waals surface area contributed by atoms with Crippen molar-refractivity contribution >= 4 is 16.9 Å². The van der Waals surface area contributed by atoms with Crippen LogP contribution in [0.2, 0.25) is 0 Å². The minimum absolute atomic E-state index is 0.239. The van der Waals surface area contributed by atoms with Crippen LogP contribution in [-0.4, -0.2) is 12.5 Å². The van der Waals surface area contributed by atoms with E-state index in [1.54, 1.807) is 6.07 Å². The van der Waals surface area contributed by atoms with Gasteiger partial charge in [0.1, 0.15) is 17.8 Å². The molecule has 3 N–H and O–H groups in total. The summed E-state index contributed by atoms with van der Waals surface area (Å²) in [6, 6.07) is 8.97. The molecule has 0 aliphatic heterocycles. The number of ether oxygens (including phenoxy) is 1. The summed E-state index contributed by atoms with van der Waals surface area (Å²) < 4.78 is 16.7. The van der Waals surface area contributed by atoms with Crippen molar-refractivity contribution in [3.63, 3.8) is 0 Å². The van der Waals surface area contributed by atoms with Gasteiger partial charge >= 0.3 is 0 Å². The molecule has 6 heteroatoms. The zero-order chi connectivity index (χ0) is 17.1. The molecule has 0 aliphatic rings. The van der Waals surface area contributed by atoms with Crippen LogP contribution in [0.4, 0.5) is 0 Å². The molecule has 3 aromatic rings. The number of nitrogens with two attached hydrogens (primary N) is 1. The summed E-state index contributed by atoms with van der Waals surface area (Å²) in [6.45, 7) is 4.60. The fourth-order valence-electron chi connectivity index (χ4n) is 2.50. The van der Waals surface area contributed by atoms with Crippen LogP contribution in [-0.2, 0) is 6.54 Å². The molecule has 3 rings (SSSR count). The normalized spacial score (nSPS) is 12.3. The standard InChI is InChI=1S/C18H20N2O4/c1-3-22-15-6-4-5-12-8-16(24-17(12)15)11(2)20-18(21)13-7-14(9-19)23-10-13/h4-8,10-11H,3,9,19H2,1-2H3,(H,20,21). The average Bonchev–Trinajstić information content (AvgIpc) is 3.22. The van der Waals surface area contributed by atoms with Crippen LogP contribution in [0.1, 0.15) is 41.8 Å². The Kier molecular flexibility index (Phi) is 4.57. The summed E-state index contributed by atoms with van der Waals surface area (Å²) in [6.07, 6.45) is 1.40. The van der Waals surface area contributed by atoms with Crippen LogP contribution in [0.5, 0.6) is 5.75 Å². The zero-order valence-corrected chi connectivity index (χ0v) is 13.7. The molecule has 126 valence electrons. The Balaban J connectivity index is 1.79. The van der Waals surface area contributed by atoms with Gasteiger partial charge in [-0.05, 0) is 32.0 Å². The number of carbonyl (C=O) groups is 1. The van der Waals surface area contributed by atoms with Crippen molar-refractivity contribution < 1.29 is 18.4 Å². The molecule has 0 aliphatic carbocycles. The molecular formula is C18H20N2O4. The molecule has 0 fully saturated rings. The fraction of sp³-hybridized carbons (Fsp3) is 0.278. The van der Waals surface area contributed by atoms with Crippen LogP contribution >= 0.6 is 0 Å². The third-order valence-electron chi connectivity index (χ3n) is 3.72. The second-order valence-corrected chi connectivity index (χ2v) is 5.46. The Bertz CT molecular complexity index is 850. The second-order valence-electron chi connectivity index (χ2n) is 5.46. The smallest absolute Gasteiger partial charge is 0.255 e. The van der Waals surface area contributed by atoms with Crippen LogP contribution in [0.15, 0.2) is 45.4 Å². The lowest BCUT2D eigenvalue weighted by Crippen LogP contribution is -2.25. The first-order chi connectivity index (χ1) is 11.6. The highest BCUT2D eigenvalue weighted by Crippen LogP contribution is 2.31. The van der Waals surface area contributed by atoms with Gasteiger partial charge in [0.2, 0.25) is 0 Å². The lowest BCUT2D eigenvalue weighted by atomic mass is 10.2. The molecule has 1 aromatic carbocycles. The van der Waals surface area contributed by atoms with Gasteiger partial charge in [-0.2, -0.15) is 0 Å². The summed E-state index contributed by atoms with van der Waals surface area (Å²) >= 11 is 0. The first-order valence-electron chi connectivity index (χ1n) is 7.86. The molecule has 1 unspecified atom stereocenters. The number of rotatable bonds is 6. The molecule has 24 heavy (non-hydrogen) atoms. The van der Waals surface area contributed by atoms with Crippen LogP contribution in [0.3, 0.4) is 0 Å². The highest BCUT2D eigenvalue weighted by molar-refractivity contribution is 5.94. The van der Waals surface area contributed by atoms with E-state index < -0.39 is 0 Å². The summed E-state index contributed by atoms with van der Waals surface area (Å²) in [4.78, 5) is 12.3. The van der Waals surface area contributed by atoms with E-state index in [1.807, 2.05) is 38.1 Å². The third kappa shape index (κ3) is 3.14. The predicted octanol–water partition coefficient (Wildman–Crippen LogP) is 3.37. The molecule has 0 bridgehead atoms. The molecule has 0 spiro atoms. The zero-order valence-electron chi connectivity index (χ0n) is 13.7. The van der Waals surface area contributed by atoms with Gasteiger partial charge in [-0.1, -0.05) is 12.1 Å². The SMILES string of the molecule is CCOc1cccc2cc(C(C)NC(=O)c3coc(CN)c3)oc12. The Morgan fingerprint density at radius 2 is 2.21 bits per heavy atom. The molecule has 1 atom stereocenters. The first-order valence-corrected chi connectivity index (χ1v) is 7.86. The topological polar surface area (TPSA) is 90.6 Å². The van der Waals surface area contributed by atoms with E-state index in [4.69, 9.17) is 19.3 Å². The molecule has 2 aromatic heterocycles. The monoisotopic (exact) mass is 328 g/mol. The van der Waals surface area contributed by atoms with Crippen molar-refractivity contribution in [2.45, 2.75) is 26.4 Å². The van der Waals surface area contributed by atoms with Crippen molar-refractivity contribution in [3.8, 4) is 5.75 Å². The van der Waals surface area contributed by atoms with Gasteiger partial charge in [0.15, 0.2) is 11.3 Å². The summed E-state index contributed by atoms with van der Waals surface area (Å²) in [5.74, 6) is 1.68. The summed E-state index contributed by atoms with van der Waals surface area (Å²) in [5.41, 5.74) is 6.61. The molecular weight excluding hydrogens is 308 g/mol. The number of carbonyl (C=O) groups excluding carboxylic acids is 1. The van der Waals surface area contributed by atoms with Crippen molar-refractivity contribution in [3.05, 3.63) is 53.7 Å². The number of amides is 1. The highest BCUT2D eigenvalue weighted by Gasteiger charge is 2.18. The third-order valence-corrected chi connectivity index (χ3v) is 3.72. The highest BCUT2D eigenvalue weighted by atomic mass is 16.5. The summed E-state index contributed by atoms with van der Waals surface area (Å²) in [5, 5.41) is 3.82. The Morgan fingerprint density at radius 3 is 2.92 bits per heavy atom. The van der Waals surface area contributed by atoms with Gasteiger partial charge in [0, 0.05) is 5.39 Å². The molecule has 0 radical (unpaired) electrons. The largest absolute Gasteiger partial charge is 0.490 e. The number of hydrogen-bond donors (Lipinski definition) is 2. The van der Waals surface area contributed by atoms with Crippen molar-refractivity contribution in [1.29, 1.82) is 0 Å². The number of fused-ring (bicyclic) bond motifs is 1. The number of hydrogen-bond acceptors (Lipinski definition) is 5. The predicted molar refractivity (Wildman–Crippen MR) is 89.9 cm³/mol. The van der Waals surface area contributed by atoms with E-state index in [2.05, 4.69) is 5.32 Å². The van der Waals surface area contributed by atoms with Crippen LogP contribution in [0.25, 0.3) is 11.0 Å². The van der Waals surface area contributed by atoms with Gasteiger partial charge in [-0.25, -0.2) is 0 Å². The van der Waals surface area contributed by atoms with E-state index in [0.717, 1.165) is 5.39 Å². The number of benzene rings is 1. The quantitative estimate of drug-likeness (QED) is 0.724. The number of para-hydroxylation sites is 1. The lowest BCUT2D eigenvalue weighted by molar-refractivity contribution is 0.0935. The van der Waals surface area contributed by atoms with E-state index in [-0.39, 0.29) is 18.5 Å². The minimum Gasteiger partial charge on any atom is -0.490 e. The Labute approximate surface area is 139 Å². The first kappa shape index (κ1) is 16.1. The van der Waals surface area contributed by atoms with Gasteiger partial charge in [-0.15, -0.1) is 0 Å². The van der Waals surface area contributed by atoms with Crippen molar-refractivity contribution in [1.82, 2.24) is 5.32 Å². The molecule has 6 nitrogen and oxygen atoms in total. The fourth-order valence-corrected chi connectivity index (χ4v) is 2.50. The maximum Gasteiger partial charge on any atom is 0.255 e. The number of nitrogens with one attached hydrogen (secondary N) is 1. The molecule has 2 heterocycles. The second kappa shape index (κ2) is 6.80. The number of furan rings is 2. The maximum absolute atomic E-state index is 12.3. The van der Waals surface area contributed by atoms with Crippen molar-refractivity contribution in [2.24, 2.45) is 5.73 Å². The van der Waals surface area contributed by atoms with E-state index in [1.165, 1.54) is 6.26 Å². The Morgan fingerprint density at radius 1 is 1.38 bits per heavy atom. The molecule has 0 saturated heterocycles.